The van der Waals surface area contributed by atoms with Crippen molar-refractivity contribution in [1.82, 2.24) is 4.90 Å². The van der Waals surface area contributed by atoms with Crippen molar-refractivity contribution in [2.45, 2.75) is 18.9 Å². The molecule has 2 N–H and O–H groups in total. The largest absolute Gasteiger partial charge is 0.380 e. The van der Waals surface area contributed by atoms with E-state index in [1.54, 1.807) is 0 Å². The van der Waals surface area contributed by atoms with E-state index in [4.69, 9.17) is 10.5 Å². The van der Waals surface area contributed by atoms with Gasteiger partial charge in [-0.3, -0.25) is 4.90 Å². The molecule has 0 aromatic heterocycles. The van der Waals surface area contributed by atoms with Gasteiger partial charge in [0.2, 0.25) is 0 Å². The van der Waals surface area contributed by atoms with Gasteiger partial charge >= 0.3 is 0 Å². The number of hydrogen-bond acceptors (Lipinski definition) is 3. The fraction of sp³-hybridized carbons (Fsp3) is 0.600. The summed E-state index contributed by atoms with van der Waals surface area (Å²) in [7, 11) is 1.89. The maximum atomic E-state index is 13.3. The molecule has 1 aliphatic carbocycles. The van der Waals surface area contributed by atoms with Gasteiger partial charge in [-0.25, -0.2) is 8.78 Å². The maximum Gasteiger partial charge on any atom is 0.126 e. The van der Waals surface area contributed by atoms with Gasteiger partial charge in [0.05, 0.1) is 6.61 Å². The Hall–Kier alpha value is -1.04. The first kappa shape index (κ1) is 15.4. The predicted molar refractivity (Wildman–Crippen MR) is 74.3 cm³/mol. The lowest BCUT2D eigenvalue weighted by Gasteiger charge is -2.27. The van der Waals surface area contributed by atoms with Crippen LogP contribution in [0.5, 0.6) is 0 Å². The van der Waals surface area contributed by atoms with Crippen molar-refractivity contribution >= 4 is 0 Å². The van der Waals surface area contributed by atoms with Crippen molar-refractivity contribution in [1.29, 1.82) is 0 Å². The first-order valence-corrected chi connectivity index (χ1v) is 7.04. The predicted octanol–water partition coefficient (Wildman–Crippen LogP) is 2.32. The highest BCUT2D eigenvalue weighted by atomic mass is 19.1. The van der Waals surface area contributed by atoms with Gasteiger partial charge in [0.1, 0.15) is 11.6 Å². The Labute approximate surface area is 118 Å². The highest BCUT2D eigenvalue weighted by Crippen LogP contribution is 2.28. The van der Waals surface area contributed by atoms with Gasteiger partial charge in [-0.1, -0.05) is 0 Å². The molecule has 0 spiro atoms. The molecular weight excluding hydrogens is 262 g/mol. The fourth-order valence-corrected chi connectivity index (χ4v) is 2.24. The number of ether oxygens (including phenoxy) is 1. The second-order valence-corrected chi connectivity index (χ2v) is 5.45. The highest BCUT2D eigenvalue weighted by Gasteiger charge is 2.21. The fourth-order valence-electron chi connectivity index (χ4n) is 2.24. The maximum absolute atomic E-state index is 13.3. The minimum atomic E-state index is -0.572. The second kappa shape index (κ2) is 7.11. The molecule has 1 aromatic rings. The van der Waals surface area contributed by atoms with Gasteiger partial charge in [0, 0.05) is 31.8 Å². The number of nitrogens with zero attached hydrogens (tertiary/aromatic N) is 1. The quantitative estimate of drug-likeness (QED) is 0.745. The van der Waals surface area contributed by atoms with Crippen molar-refractivity contribution in [3.05, 3.63) is 35.4 Å². The standard InChI is InChI=1S/C15H22F2N2O/c1-19(4-5-20-10-11-2-3-11)15(9-18)12-6-13(16)8-14(17)7-12/h6-8,11,15H,2-5,9-10,18H2,1H3. The van der Waals surface area contributed by atoms with Crippen LogP contribution in [0.15, 0.2) is 18.2 Å². The summed E-state index contributed by atoms with van der Waals surface area (Å²) in [4.78, 5) is 1.97. The minimum absolute atomic E-state index is 0.204. The van der Waals surface area contributed by atoms with Crippen molar-refractivity contribution in [3.63, 3.8) is 0 Å². The smallest absolute Gasteiger partial charge is 0.126 e. The molecule has 1 aromatic carbocycles. The molecule has 1 fully saturated rings. The number of rotatable bonds is 8. The second-order valence-electron chi connectivity index (χ2n) is 5.45. The number of halogens is 2. The third kappa shape index (κ3) is 4.51. The highest BCUT2D eigenvalue weighted by molar-refractivity contribution is 5.21. The molecule has 20 heavy (non-hydrogen) atoms. The molecule has 5 heteroatoms. The van der Waals surface area contributed by atoms with Crippen molar-refractivity contribution in [2.75, 3.05) is 33.4 Å². The molecule has 1 unspecified atom stereocenters. The molecule has 0 bridgehead atoms. The summed E-state index contributed by atoms with van der Waals surface area (Å²) in [6.07, 6.45) is 2.54. The van der Waals surface area contributed by atoms with Crippen molar-refractivity contribution in [3.8, 4) is 0 Å². The van der Waals surface area contributed by atoms with E-state index in [1.165, 1.54) is 25.0 Å². The van der Waals surface area contributed by atoms with Crippen LogP contribution >= 0.6 is 0 Å². The van der Waals surface area contributed by atoms with Gasteiger partial charge in [0.25, 0.3) is 0 Å². The molecule has 2 rings (SSSR count). The molecule has 112 valence electrons. The summed E-state index contributed by atoms with van der Waals surface area (Å²) < 4.78 is 32.1. The van der Waals surface area contributed by atoms with E-state index in [-0.39, 0.29) is 6.04 Å². The van der Waals surface area contributed by atoms with Crippen LogP contribution in [0.4, 0.5) is 8.78 Å². The molecule has 0 heterocycles. The van der Waals surface area contributed by atoms with Gasteiger partial charge in [-0.15, -0.1) is 0 Å². The van der Waals surface area contributed by atoms with Crippen LogP contribution in [0.25, 0.3) is 0 Å². The summed E-state index contributed by atoms with van der Waals surface area (Å²) in [5.74, 6) is -0.406. The van der Waals surface area contributed by atoms with Crippen LogP contribution < -0.4 is 5.73 Å². The van der Waals surface area contributed by atoms with Crippen LogP contribution in [0, 0.1) is 17.6 Å². The van der Waals surface area contributed by atoms with Crippen molar-refractivity contribution in [2.24, 2.45) is 11.7 Å². The van der Waals surface area contributed by atoms with E-state index in [2.05, 4.69) is 0 Å². The van der Waals surface area contributed by atoms with Gasteiger partial charge in [-0.05, 0) is 43.5 Å². The first-order valence-electron chi connectivity index (χ1n) is 7.04. The molecule has 0 amide bonds. The summed E-state index contributed by atoms with van der Waals surface area (Å²) in [5.41, 5.74) is 6.31. The average Bonchev–Trinajstić information content (AvgIpc) is 3.18. The van der Waals surface area contributed by atoms with E-state index < -0.39 is 11.6 Å². The van der Waals surface area contributed by atoms with Crippen LogP contribution in [0.1, 0.15) is 24.4 Å². The summed E-state index contributed by atoms with van der Waals surface area (Å²) in [5, 5.41) is 0. The Bertz CT molecular complexity index is 418. The Morgan fingerprint density at radius 3 is 2.50 bits per heavy atom. The lowest BCUT2D eigenvalue weighted by Crippen LogP contribution is -2.33. The molecule has 1 atom stereocenters. The van der Waals surface area contributed by atoms with Gasteiger partial charge < -0.3 is 10.5 Å². The SMILES string of the molecule is CN(CCOCC1CC1)C(CN)c1cc(F)cc(F)c1. The topological polar surface area (TPSA) is 38.5 Å². The normalized spacial score (nSPS) is 16.6. The zero-order valence-corrected chi connectivity index (χ0v) is 11.8. The zero-order chi connectivity index (χ0) is 14.5. The van der Waals surface area contributed by atoms with Crippen LogP contribution in [0.2, 0.25) is 0 Å². The lowest BCUT2D eigenvalue weighted by atomic mass is 10.1. The van der Waals surface area contributed by atoms with Crippen molar-refractivity contribution < 1.29 is 13.5 Å². The molecule has 0 aliphatic heterocycles. The first-order chi connectivity index (χ1) is 9.60. The molecule has 1 aliphatic rings. The number of hydrogen-bond donors (Lipinski definition) is 1. The third-order valence-electron chi connectivity index (χ3n) is 3.66. The van der Waals surface area contributed by atoms with E-state index in [0.29, 0.717) is 25.3 Å². The Balaban J connectivity index is 1.87. The minimum Gasteiger partial charge on any atom is -0.380 e. The monoisotopic (exact) mass is 284 g/mol. The van der Waals surface area contributed by atoms with E-state index in [1.807, 2.05) is 11.9 Å². The molecule has 1 saturated carbocycles. The summed E-state index contributed by atoms with van der Waals surface area (Å²) in [6.45, 7) is 2.42. The molecule has 0 saturated heterocycles. The summed E-state index contributed by atoms with van der Waals surface area (Å²) in [6, 6.07) is 3.34. The third-order valence-corrected chi connectivity index (χ3v) is 3.66. The van der Waals surface area contributed by atoms with Gasteiger partial charge in [0.15, 0.2) is 0 Å². The van der Waals surface area contributed by atoms with E-state index >= 15 is 0 Å². The van der Waals surface area contributed by atoms with Crippen LogP contribution in [-0.2, 0) is 4.74 Å². The Kier molecular flexibility index (Phi) is 5.46. The summed E-state index contributed by atoms with van der Waals surface area (Å²) >= 11 is 0. The average molecular weight is 284 g/mol. The van der Waals surface area contributed by atoms with Crippen LogP contribution in [-0.4, -0.2) is 38.3 Å². The van der Waals surface area contributed by atoms with Gasteiger partial charge in [-0.2, -0.15) is 0 Å². The Morgan fingerprint density at radius 1 is 1.30 bits per heavy atom. The Morgan fingerprint density at radius 2 is 1.95 bits per heavy atom. The van der Waals surface area contributed by atoms with Crippen LogP contribution in [0.3, 0.4) is 0 Å². The zero-order valence-electron chi connectivity index (χ0n) is 11.8. The lowest BCUT2D eigenvalue weighted by molar-refractivity contribution is 0.0922. The number of likely N-dealkylation sites (N-methyl/N-ethyl adjacent to an activating group) is 1. The molecule has 3 nitrogen and oxygen atoms in total. The van der Waals surface area contributed by atoms with E-state index in [9.17, 15) is 8.78 Å². The number of benzene rings is 1. The number of nitrogens with two attached hydrogens (primary N) is 1. The molecule has 0 radical (unpaired) electrons. The van der Waals surface area contributed by atoms with E-state index in [0.717, 1.165) is 18.6 Å². The molecular formula is C15H22F2N2O.